The number of aliphatic hydroxyl groups is 1. The Morgan fingerprint density at radius 2 is 1.85 bits per heavy atom. The predicted molar refractivity (Wildman–Crippen MR) is 106 cm³/mol. The van der Waals surface area contributed by atoms with Crippen LogP contribution in [0.1, 0.15) is 0 Å². The Hall–Kier alpha value is -2.47. The summed E-state index contributed by atoms with van der Waals surface area (Å²) in [5.74, 6) is 0.780. The molecule has 1 saturated heterocycles. The van der Waals surface area contributed by atoms with Crippen LogP contribution in [-0.4, -0.2) is 60.5 Å². The van der Waals surface area contributed by atoms with Crippen LogP contribution in [0.3, 0.4) is 0 Å². The molecule has 5 nitrogen and oxygen atoms in total. The number of ether oxygens (including phenoxy) is 2. The second-order valence-electron chi connectivity index (χ2n) is 6.78. The number of rotatable bonds is 6. The molecular formula is C22H24N2O3. The number of benzene rings is 2. The third-order valence-electron chi connectivity index (χ3n) is 4.86. The van der Waals surface area contributed by atoms with Crippen LogP contribution in [-0.2, 0) is 4.74 Å². The highest BCUT2D eigenvalue weighted by Gasteiger charge is 2.16. The Labute approximate surface area is 159 Å². The molecule has 2 aromatic carbocycles. The van der Waals surface area contributed by atoms with Crippen LogP contribution in [0.25, 0.3) is 21.9 Å². The topological polar surface area (TPSA) is 54.8 Å². The summed E-state index contributed by atoms with van der Waals surface area (Å²) in [4.78, 5) is 6.42. The summed E-state index contributed by atoms with van der Waals surface area (Å²) >= 11 is 0. The number of para-hydroxylation sites is 1. The van der Waals surface area contributed by atoms with Crippen LogP contribution in [0.5, 0.6) is 5.75 Å². The molecule has 4 rings (SSSR count). The van der Waals surface area contributed by atoms with Crippen LogP contribution >= 0.6 is 0 Å². The number of aliphatic hydroxyl groups excluding tert-OH is 1. The maximum atomic E-state index is 10.4. The molecule has 0 aliphatic carbocycles. The number of aromatic nitrogens is 1. The van der Waals surface area contributed by atoms with Gasteiger partial charge >= 0.3 is 0 Å². The first-order valence-electron chi connectivity index (χ1n) is 9.34. The van der Waals surface area contributed by atoms with E-state index < -0.39 is 6.10 Å². The van der Waals surface area contributed by atoms with Gasteiger partial charge in [0.2, 0.25) is 0 Å². The van der Waals surface area contributed by atoms with Crippen molar-refractivity contribution in [1.82, 2.24) is 9.88 Å². The number of hydrogen-bond acceptors (Lipinski definition) is 5. The molecule has 0 amide bonds. The smallest absolute Gasteiger partial charge is 0.127 e. The van der Waals surface area contributed by atoms with Crippen molar-refractivity contribution in [1.29, 1.82) is 0 Å². The van der Waals surface area contributed by atoms with Crippen molar-refractivity contribution in [2.45, 2.75) is 6.10 Å². The molecule has 27 heavy (non-hydrogen) atoms. The van der Waals surface area contributed by atoms with Gasteiger partial charge in [0.15, 0.2) is 0 Å². The summed E-state index contributed by atoms with van der Waals surface area (Å²) in [5, 5.41) is 12.6. The lowest BCUT2D eigenvalue weighted by Gasteiger charge is -2.28. The Morgan fingerprint density at radius 3 is 2.74 bits per heavy atom. The molecule has 0 unspecified atom stereocenters. The standard InChI is InChI=1S/C22H24N2O3/c25-18(15-24-10-12-26-13-11-24)16-27-22-7-2-1-5-21(22)20-6-3-4-17-14-23-9-8-19(17)20/h1-9,14,18,25H,10-13,15-16H2/t18-/m0/s1. The van der Waals surface area contributed by atoms with Gasteiger partial charge in [-0.3, -0.25) is 9.88 Å². The van der Waals surface area contributed by atoms with Gasteiger partial charge in [-0.05, 0) is 23.1 Å². The van der Waals surface area contributed by atoms with Crippen molar-refractivity contribution < 1.29 is 14.6 Å². The van der Waals surface area contributed by atoms with Crippen molar-refractivity contribution >= 4 is 10.8 Å². The van der Waals surface area contributed by atoms with Gasteiger partial charge in [0.1, 0.15) is 18.5 Å². The van der Waals surface area contributed by atoms with Crippen molar-refractivity contribution in [3.05, 3.63) is 60.9 Å². The maximum Gasteiger partial charge on any atom is 0.127 e. The summed E-state index contributed by atoms with van der Waals surface area (Å²) in [6, 6.07) is 16.2. The summed E-state index contributed by atoms with van der Waals surface area (Å²) in [6.07, 6.45) is 3.14. The van der Waals surface area contributed by atoms with E-state index in [9.17, 15) is 5.11 Å². The Morgan fingerprint density at radius 1 is 1.04 bits per heavy atom. The summed E-state index contributed by atoms with van der Waals surface area (Å²) in [5.41, 5.74) is 2.13. The fraction of sp³-hybridized carbons (Fsp3) is 0.318. The zero-order valence-corrected chi connectivity index (χ0v) is 15.3. The first-order valence-corrected chi connectivity index (χ1v) is 9.34. The molecule has 1 N–H and O–H groups in total. The van der Waals surface area contributed by atoms with Crippen LogP contribution in [0.15, 0.2) is 60.9 Å². The van der Waals surface area contributed by atoms with Gasteiger partial charge in [-0.1, -0.05) is 36.4 Å². The van der Waals surface area contributed by atoms with Crippen LogP contribution in [0.4, 0.5) is 0 Å². The van der Waals surface area contributed by atoms with Crippen molar-refractivity contribution in [3.8, 4) is 16.9 Å². The minimum Gasteiger partial charge on any atom is -0.490 e. The molecule has 1 aromatic heterocycles. The van der Waals surface area contributed by atoms with Gasteiger partial charge in [0.25, 0.3) is 0 Å². The molecule has 0 bridgehead atoms. The molecule has 5 heteroatoms. The molecule has 1 fully saturated rings. The van der Waals surface area contributed by atoms with E-state index in [0.717, 1.165) is 54.0 Å². The predicted octanol–water partition coefficient (Wildman–Crippen LogP) is 2.97. The molecule has 1 atom stereocenters. The van der Waals surface area contributed by atoms with Crippen LogP contribution in [0.2, 0.25) is 0 Å². The number of β-amino-alcohol motifs (C(OH)–C–C–N with tert-alkyl or cyclic N) is 1. The minimum atomic E-state index is -0.534. The van der Waals surface area contributed by atoms with Crippen LogP contribution < -0.4 is 4.74 Å². The van der Waals surface area contributed by atoms with E-state index in [1.165, 1.54) is 0 Å². The third kappa shape index (κ3) is 4.27. The fourth-order valence-corrected chi connectivity index (χ4v) is 3.49. The molecule has 0 spiro atoms. The highest BCUT2D eigenvalue weighted by Crippen LogP contribution is 2.34. The quantitative estimate of drug-likeness (QED) is 0.729. The summed E-state index contributed by atoms with van der Waals surface area (Å²) in [6.45, 7) is 4.04. The largest absolute Gasteiger partial charge is 0.490 e. The lowest BCUT2D eigenvalue weighted by Crippen LogP contribution is -2.42. The van der Waals surface area contributed by atoms with Gasteiger partial charge < -0.3 is 14.6 Å². The molecule has 3 aromatic rings. The van der Waals surface area contributed by atoms with Gasteiger partial charge in [0.05, 0.1) is 13.2 Å². The van der Waals surface area contributed by atoms with Crippen molar-refractivity contribution in [2.24, 2.45) is 0 Å². The average Bonchev–Trinajstić information content (AvgIpc) is 2.73. The molecule has 1 aliphatic rings. The number of nitrogens with zero attached hydrogens (tertiary/aromatic N) is 2. The minimum absolute atomic E-state index is 0.265. The summed E-state index contributed by atoms with van der Waals surface area (Å²) < 4.78 is 11.4. The zero-order chi connectivity index (χ0) is 18.5. The normalized spacial score (nSPS) is 16.3. The number of fused-ring (bicyclic) bond motifs is 1. The van der Waals surface area contributed by atoms with E-state index in [1.807, 2.05) is 36.5 Å². The second-order valence-corrected chi connectivity index (χ2v) is 6.78. The van der Waals surface area contributed by atoms with E-state index in [2.05, 4.69) is 28.1 Å². The fourth-order valence-electron chi connectivity index (χ4n) is 3.49. The monoisotopic (exact) mass is 364 g/mol. The zero-order valence-electron chi connectivity index (χ0n) is 15.3. The van der Waals surface area contributed by atoms with Gasteiger partial charge in [-0.15, -0.1) is 0 Å². The molecule has 0 saturated carbocycles. The SMILES string of the molecule is O[C@H](COc1ccccc1-c1cccc2cnccc12)CN1CCOCC1. The molecule has 1 aliphatic heterocycles. The van der Waals surface area contributed by atoms with Crippen molar-refractivity contribution in [3.63, 3.8) is 0 Å². The van der Waals surface area contributed by atoms with E-state index in [1.54, 1.807) is 6.20 Å². The molecular weight excluding hydrogens is 340 g/mol. The van der Waals surface area contributed by atoms with Crippen molar-refractivity contribution in [2.75, 3.05) is 39.5 Å². The van der Waals surface area contributed by atoms with E-state index >= 15 is 0 Å². The van der Waals surface area contributed by atoms with Gasteiger partial charge in [-0.2, -0.15) is 0 Å². The van der Waals surface area contributed by atoms with E-state index in [0.29, 0.717) is 6.54 Å². The lowest BCUT2D eigenvalue weighted by molar-refractivity contribution is 0.00471. The lowest BCUT2D eigenvalue weighted by atomic mass is 9.99. The number of pyridine rings is 1. The first kappa shape index (κ1) is 17.9. The Kier molecular flexibility index (Phi) is 5.63. The maximum absolute atomic E-state index is 10.4. The number of hydrogen-bond donors (Lipinski definition) is 1. The summed E-state index contributed by atoms with van der Waals surface area (Å²) in [7, 11) is 0. The van der Waals surface area contributed by atoms with Gasteiger partial charge in [-0.25, -0.2) is 0 Å². The van der Waals surface area contributed by atoms with E-state index in [-0.39, 0.29) is 6.61 Å². The Balaban J connectivity index is 1.51. The molecule has 0 radical (unpaired) electrons. The molecule has 140 valence electrons. The van der Waals surface area contributed by atoms with E-state index in [4.69, 9.17) is 9.47 Å². The first-order chi connectivity index (χ1) is 13.3. The Bertz CT molecular complexity index is 888. The van der Waals surface area contributed by atoms with Crippen LogP contribution in [0, 0.1) is 0 Å². The third-order valence-corrected chi connectivity index (χ3v) is 4.86. The highest BCUT2D eigenvalue weighted by molar-refractivity contribution is 5.97. The number of morpholine rings is 1. The second kappa shape index (κ2) is 8.48. The highest BCUT2D eigenvalue weighted by atomic mass is 16.5. The molecule has 2 heterocycles. The average molecular weight is 364 g/mol. The van der Waals surface area contributed by atoms with Gasteiger partial charge in [0, 0.05) is 43.0 Å².